The number of piperazine rings is 1. The van der Waals surface area contributed by atoms with Crippen LogP contribution >= 0.6 is 0 Å². The van der Waals surface area contributed by atoms with Gasteiger partial charge in [-0.05, 0) is 45.0 Å². The molecule has 4 heteroatoms. The molecule has 0 radical (unpaired) electrons. The van der Waals surface area contributed by atoms with E-state index in [1.54, 1.807) is 0 Å². The first kappa shape index (κ1) is 15.1. The average Bonchev–Trinajstić information content (AvgIpc) is 2.93. The molecule has 0 aliphatic carbocycles. The van der Waals surface area contributed by atoms with Crippen molar-refractivity contribution in [2.75, 3.05) is 26.2 Å². The highest BCUT2D eigenvalue weighted by Gasteiger charge is 2.33. The van der Waals surface area contributed by atoms with Crippen molar-refractivity contribution in [1.82, 2.24) is 15.1 Å². The van der Waals surface area contributed by atoms with Gasteiger partial charge in [-0.25, -0.2) is 0 Å². The smallest absolute Gasteiger partial charge is 0.118 e. The molecule has 118 valence electrons. The molecule has 2 unspecified atom stereocenters. The van der Waals surface area contributed by atoms with Crippen molar-refractivity contribution in [2.45, 2.75) is 58.3 Å². The normalized spacial score (nSPS) is 27.7. The summed E-state index contributed by atoms with van der Waals surface area (Å²) in [4.78, 5) is 5.30. The van der Waals surface area contributed by atoms with Crippen LogP contribution in [0.4, 0.5) is 0 Å². The Morgan fingerprint density at radius 1 is 1.24 bits per heavy atom. The highest BCUT2D eigenvalue weighted by Crippen LogP contribution is 2.25. The third kappa shape index (κ3) is 3.68. The number of nitrogens with one attached hydrogen (secondary N) is 1. The second kappa shape index (κ2) is 6.95. The molecule has 0 bridgehead atoms. The van der Waals surface area contributed by atoms with Gasteiger partial charge in [-0.1, -0.05) is 13.3 Å². The number of fused-ring (bicyclic) bond motifs is 1. The Morgan fingerprint density at radius 3 is 2.95 bits per heavy atom. The van der Waals surface area contributed by atoms with E-state index in [0.29, 0.717) is 6.04 Å². The zero-order chi connectivity index (χ0) is 14.7. The Labute approximate surface area is 128 Å². The van der Waals surface area contributed by atoms with Crippen molar-refractivity contribution in [3.05, 3.63) is 23.7 Å². The SMILES string of the molecule is CCNCc1ccc(CN2CC3CCCCN3CC2C)o1. The largest absolute Gasteiger partial charge is 0.463 e. The highest BCUT2D eigenvalue weighted by molar-refractivity contribution is 5.07. The fourth-order valence-corrected chi connectivity index (χ4v) is 3.68. The summed E-state index contributed by atoms with van der Waals surface area (Å²) in [7, 11) is 0. The summed E-state index contributed by atoms with van der Waals surface area (Å²) in [5, 5.41) is 3.31. The summed E-state index contributed by atoms with van der Waals surface area (Å²) >= 11 is 0. The van der Waals surface area contributed by atoms with Crippen LogP contribution in [0.25, 0.3) is 0 Å². The number of furan rings is 1. The van der Waals surface area contributed by atoms with Crippen LogP contribution in [0.3, 0.4) is 0 Å². The van der Waals surface area contributed by atoms with E-state index < -0.39 is 0 Å². The molecule has 2 aliphatic heterocycles. The Kier molecular flexibility index (Phi) is 4.99. The maximum absolute atomic E-state index is 5.96. The van der Waals surface area contributed by atoms with Crippen molar-refractivity contribution in [3.63, 3.8) is 0 Å². The van der Waals surface area contributed by atoms with Gasteiger partial charge >= 0.3 is 0 Å². The third-order valence-corrected chi connectivity index (χ3v) is 4.94. The first-order chi connectivity index (χ1) is 10.3. The molecule has 2 fully saturated rings. The molecule has 1 aromatic rings. The predicted octanol–water partition coefficient (Wildman–Crippen LogP) is 2.45. The third-order valence-electron chi connectivity index (χ3n) is 4.94. The second-order valence-electron chi connectivity index (χ2n) is 6.57. The molecule has 3 rings (SSSR count). The van der Waals surface area contributed by atoms with Crippen LogP contribution in [0, 0.1) is 0 Å². The van der Waals surface area contributed by atoms with Crippen LogP contribution < -0.4 is 5.32 Å². The summed E-state index contributed by atoms with van der Waals surface area (Å²) in [6.45, 7) is 11.0. The van der Waals surface area contributed by atoms with Crippen LogP contribution in [0.1, 0.15) is 44.6 Å². The fraction of sp³-hybridized carbons (Fsp3) is 0.765. The Morgan fingerprint density at radius 2 is 2.10 bits per heavy atom. The monoisotopic (exact) mass is 291 g/mol. The van der Waals surface area contributed by atoms with Crippen molar-refractivity contribution in [1.29, 1.82) is 0 Å². The average molecular weight is 291 g/mol. The molecule has 2 saturated heterocycles. The molecule has 0 aromatic carbocycles. The highest BCUT2D eigenvalue weighted by atomic mass is 16.3. The van der Waals surface area contributed by atoms with Gasteiger partial charge in [0.2, 0.25) is 0 Å². The topological polar surface area (TPSA) is 31.6 Å². The molecule has 3 heterocycles. The van der Waals surface area contributed by atoms with Crippen LogP contribution in [-0.2, 0) is 13.1 Å². The lowest BCUT2D eigenvalue weighted by molar-refractivity contribution is 0.00790. The van der Waals surface area contributed by atoms with Gasteiger partial charge in [0.15, 0.2) is 0 Å². The molecular weight excluding hydrogens is 262 g/mol. The van der Waals surface area contributed by atoms with Crippen LogP contribution in [0.5, 0.6) is 0 Å². The van der Waals surface area contributed by atoms with Crippen molar-refractivity contribution in [2.24, 2.45) is 0 Å². The maximum Gasteiger partial charge on any atom is 0.118 e. The molecule has 1 N–H and O–H groups in total. The zero-order valence-electron chi connectivity index (χ0n) is 13.5. The van der Waals surface area contributed by atoms with Gasteiger partial charge in [-0.3, -0.25) is 9.80 Å². The molecule has 0 saturated carbocycles. The van der Waals surface area contributed by atoms with Gasteiger partial charge in [0, 0.05) is 25.2 Å². The van der Waals surface area contributed by atoms with E-state index in [2.05, 4.69) is 41.1 Å². The van der Waals surface area contributed by atoms with Gasteiger partial charge < -0.3 is 9.73 Å². The lowest BCUT2D eigenvalue weighted by Crippen LogP contribution is -2.58. The summed E-state index contributed by atoms with van der Waals surface area (Å²) < 4.78 is 5.96. The van der Waals surface area contributed by atoms with Gasteiger partial charge in [0.25, 0.3) is 0 Å². The fourth-order valence-electron chi connectivity index (χ4n) is 3.68. The standard InChI is InChI=1S/C17H29N3O/c1-3-18-10-16-7-8-17(21-16)13-20-12-15-6-4-5-9-19(15)11-14(20)2/h7-8,14-15,18H,3-6,9-13H2,1-2H3. The summed E-state index contributed by atoms with van der Waals surface area (Å²) in [6.07, 6.45) is 4.15. The Balaban J connectivity index is 1.57. The number of hydrogen-bond acceptors (Lipinski definition) is 4. The summed E-state index contributed by atoms with van der Waals surface area (Å²) in [6, 6.07) is 5.65. The molecule has 2 aliphatic rings. The Hall–Kier alpha value is -0.840. The van der Waals surface area contributed by atoms with E-state index in [9.17, 15) is 0 Å². The minimum absolute atomic E-state index is 0.627. The lowest BCUT2D eigenvalue weighted by atomic mass is 9.97. The quantitative estimate of drug-likeness (QED) is 0.903. The molecular formula is C17H29N3O. The first-order valence-electron chi connectivity index (χ1n) is 8.52. The molecule has 0 amide bonds. The van der Waals surface area contributed by atoms with Gasteiger partial charge in [0.05, 0.1) is 13.1 Å². The molecule has 1 aromatic heterocycles. The van der Waals surface area contributed by atoms with Gasteiger partial charge in [-0.2, -0.15) is 0 Å². The summed E-state index contributed by atoms with van der Waals surface area (Å²) in [5.74, 6) is 2.16. The number of hydrogen-bond donors (Lipinski definition) is 1. The van der Waals surface area contributed by atoms with E-state index in [1.807, 2.05) is 0 Å². The van der Waals surface area contributed by atoms with Gasteiger partial charge in [-0.15, -0.1) is 0 Å². The van der Waals surface area contributed by atoms with E-state index in [1.165, 1.54) is 38.9 Å². The van der Waals surface area contributed by atoms with E-state index in [0.717, 1.165) is 37.2 Å². The van der Waals surface area contributed by atoms with Crippen molar-refractivity contribution in [3.8, 4) is 0 Å². The minimum atomic E-state index is 0.627. The molecule has 2 atom stereocenters. The van der Waals surface area contributed by atoms with E-state index in [-0.39, 0.29) is 0 Å². The second-order valence-corrected chi connectivity index (χ2v) is 6.57. The molecule has 4 nitrogen and oxygen atoms in total. The maximum atomic E-state index is 5.96. The van der Waals surface area contributed by atoms with E-state index in [4.69, 9.17) is 4.42 Å². The van der Waals surface area contributed by atoms with Crippen LogP contribution in [0.15, 0.2) is 16.5 Å². The predicted molar refractivity (Wildman–Crippen MR) is 85.2 cm³/mol. The number of piperidine rings is 1. The van der Waals surface area contributed by atoms with Crippen molar-refractivity contribution < 1.29 is 4.42 Å². The van der Waals surface area contributed by atoms with Gasteiger partial charge in [0.1, 0.15) is 11.5 Å². The molecule has 0 spiro atoms. The molecule has 21 heavy (non-hydrogen) atoms. The summed E-state index contributed by atoms with van der Waals surface area (Å²) in [5.41, 5.74) is 0. The van der Waals surface area contributed by atoms with Crippen LogP contribution in [0.2, 0.25) is 0 Å². The minimum Gasteiger partial charge on any atom is -0.463 e. The zero-order valence-corrected chi connectivity index (χ0v) is 13.5. The number of nitrogens with zero attached hydrogens (tertiary/aromatic N) is 2. The Bertz CT molecular complexity index is 445. The lowest BCUT2D eigenvalue weighted by Gasteiger charge is -2.47. The van der Waals surface area contributed by atoms with Crippen LogP contribution in [-0.4, -0.2) is 48.1 Å². The van der Waals surface area contributed by atoms with E-state index >= 15 is 0 Å². The van der Waals surface area contributed by atoms with Crippen molar-refractivity contribution >= 4 is 0 Å². The first-order valence-corrected chi connectivity index (χ1v) is 8.52. The number of rotatable bonds is 5.